The van der Waals surface area contributed by atoms with Crippen LogP contribution in [0.2, 0.25) is 0 Å². The van der Waals surface area contributed by atoms with E-state index in [1.807, 2.05) is 32.0 Å². The Morgan fingerprint density at radius 2 is 2.17 bits per heavy atom. The maximum Gasteiger partial charge on any atom is 0.345 e. The van der Waals surface area contributed by atoms with Crippen LogP contribution in [-0.4, -0.2) is 68.8 Å². The largest absolute Gasteiger partial charge is 0.345 e. The second kappa shape index (κ2) is 9.01. The van der Waals surface area contributed by atoms with Crippen LogP contribution in [0.3, 0.4) is 0 Å². The summed E-state index contributed by atoms with van der Waals surface area (Å²) in [5.41, 5.74) is 0.659. The molecule has 0 aromatic carbocycles. The molecule has 0 spiro atoms. The maximum absolute atomic E-state index is 12.9. The summed E-state index contributed by atoms with van der Waals surface area (Å²) in [5, 5.41) is 13.5. The highest BCUT2D eigenvalue weighted by molar-refractivity contribution is 5.94. The zero-order valence-corrected chi connectivity index (χ0v) is 17.2. The molecule has 0 bridgehead atoms. The van der Waals surface area contributed by atoms with Gasteiger partial charge in [-0.15, -0.1) is 0 Å². The van der Waals surface area contributed by atoms with Gasteiger partial charge in [0.25, 0.3) is 5.91 Å². The van der Waals surface area contributed by atoms with E-state index < -0.39 is 0 Å². The summed E-state index contributed by atoms with van der Waals surface area (Å²) < 4.78 is 3.25. The fourth-order valence-electron chi connectivity index (χ4n) is 3.64. The zero-order chi connectivity index (χ0) is 21.0. The molecular weight excluding hydrogens is 370 g/mol. The lowest BCUT2D eigenvalue weighted by atomic mass is 9.96. The molecule has 1 aliphatic rings. The van der Waals surface area contributed by atoms with Crippen LogP contribution in [0.15, 0.2) is 23.1 Å². The van der Waals surface area contributed by atoms with Gasteiger partial charge in [-0.25, -0.2) is 14.5 Å². The molecule has 1 atom stereocenters. The number of carbonyl (C=O) groups is 1. The van der Waals surface area contributed by atoms with Crippen molar-refractivity contribution in [2.24, 2.45) is 0 Å². The van der Waals surface area contributed by atoms with Crippen molar-refractivity contribution in [3.05, 3.63) is 45.9 Å². The van der Waals surface area contributed by atoms with Crippen molar-refractivity contribution in [1.82, 2.24) is 29.1 Å². The number of pyridine rings is 1. The quantitative estimate of drug-likeness (QED) is 0.718. The standard InChI is InChI=1S/C20H27N7O2/c1-4-26-18(23-27(20(26)29)11-10-24(2)3)16-6-5-9-25(14-16)19(28)15-7-8-17(12-21)22-13-15/h7-8,13,16H,4-6,9-11,14H2,1-3H3. The fourth-order valence-corrected chi connectivity index (χ4v) is 3.64. The van der Waals surface area contributed by atoms with Gasteiger partial charge in [-0.1, -0.05) is 0 Å². The third-order valence-electron chi connectivity index (χ3n) is 5.23. The normalized spacial score (nSPS) is 16.8. The van der Waals surface area contributed by atoms with Crippen molar-refractivity contribution in [3.8, 4) is 6.07 Å². The van der Waals surface area contributed by atoms with E-state index in [1.54, 1.807) is 21.6 Å². The first-order chi connectivity index (χ1) is 13.9. The second-order valence-corrected chi connectivity index (χ2v) is 7.55. The van der Waals surface area contributed by atoms with Crippen LogP contribution in [0.4, 0.5) is 0 Å². The number of hydrogen-bond acceptors (Lipinski definition) is 6. The van der Waals surface area contributed by atoms with Crippen LogP contribution < -0.4 is 5.69 Å². The van der Waals surface area contributed by atoms with E-state index in [2.05, 4.69) is 10.1 Å². The molecule has 1 fully saturated rings. The molecule has 0 radical (unpaired) electrons. The van der Waals surface area contributed by atoms with E-state index in [4.69, 9.17) is 5.26 Å². The van der Waals surface area contributed by atoms with Crippen LogP contribution in [0.1, 0.15) is 47.6 Å². The first-order valence-corrected chi connectivity index (χ1v) is 9.92. The molecule has 1 saturated heterocycles. The molecule has 9 heteroatoms. The number of likely N-dealkylation sites (N-methyl/N-ethyl adjacent to an activating group) is 1. The summed E-state index contributed by atoms with van der Waals surface area (Å²) in [6.45, 7) is 4.95. The molecule has 0 N–H and O–H groups in total. The molecule has 0 aliphatic carbocycles. The first kappa shape index (κ1) is 20.7. The lowest BCUT2D eigenvalue weighted by molar-refractivity contribution is 0.0702. The number of likely N-dealkylation sites (tertiary alicyclic amines) is 1. The molecule has 1 amide bonds. The van der Waals surface area contributed by atoms with Crippen LogP contribution in [0, 0.1) is 11.3 Å². The molecule has 0 saturated carbocycles. The van der Waals surface area contributed by atoms with E-state index in [0.29, 0.717) is 31.7 Å². The Morgan fingerprint density at radius 3 is 2.79 bits per heavy atom. The number of nitriles is 1. The lowest BCUT2D eigenvalue weighted by Crippen LogP contribution is -2.40. The van der Waals surface area contributed by atoms with Gasteiger partial charge >= 0.3 is 5.69 Å². The average molecular weight is 397 g/mol. The average Bonchev–Trinajstić information content (AvgIpc) is 3.07. The van der Waals surface area contributed by atoms with Crippen molar-refractivity contribution in [1.29, 1.82) is 5.26 Å². The molecule has 2 aromatic rings. The summed E-state index contributed by atoms with van der Waals surface area (Å²) in [6, 6.07) is 5.14. The van der Waals surface area contributed by atoms with Gasteiger partial charge in [-0.3, -0.25) is 9.36 Å². The van der Waals surface area contributed by atoms with Gasteiger partial charge in [-0.2, -0.15) is 10.4 Å². The zero-order valence-electron chi connectivity index (χ0n) is 17.2. The molecule has 29 heavy (non-hydrogen) atoms. The smallest absolute Gasteiger partial charge is 0.338 e. The van der Waals surface area contributed by atoms with Crippen LogP contribution in [0.5, 0.6) is 0 Å². The van der Waals surface area contributed by atoms with Gasteiger partial charge in [0, 0.05) is 38.3 Å². The van der Waals surface area contributed by atoms with Gasteiger partial charge in [0.2, 0.25) is 0 Å². The monoisotopic (exact) mass is 397 g/mol. The molecule has 9 nitrogen and oxygen atoms in total. The number of piperidine rings is 1. The highest BCUT2D eigenvalue weighted by Crippen LogP contribution is 2.26. The minimum absolute atomic E-state index is 0.0206. The third-order valence-corrected chi connectivity index (χ3v) is 5.23. The van der Waals surface area contributed by atoms with Crippen LogP contribution in [-0.2, 0) is 13.1 Å². The van der Waals surface area contributed by atoms with Gasteiger partial charge in [0.05, 0.1) is 12.1 Å². The van der Waals surface area contributed by atoms with Crippen molar-refractivity contribution in [3.63, 3.8) is 0 Å². The summed E-state index contributed by atoms with van der Waals surface area (Å²) in [5.74, 6) is 0.670. The van der Waals surface area contributed by atoms with Gasteiger partial charge in [-0.05, 0) is 46.0 Å². The summed E-state index contributed by atoms with van der Waals surface area (Å²) in [7, 11) is 3.93. The predicted octanol–water partition coefficient (Wildman–Crippen LogP) is 0.913. The van der Waals surface area contributed by atoms with Crippen LogP contribution >= 0.6 is 0 Å². The van der Waals surface area contributed by atoms with Gasteiger partial charge < -0.3 is 9.80 Å². The van der Waals surface area contributed by atoms with Crippen molar-refractivity contribution < 1.29 is 4.79 Å². The number of hydrogen-bond donors (Lipinski definition) is 0. The number of amides is 1. The summed E-state index contributed by atoms with van der Waals surface area (Å²) in [6.07, 6.45) is 3.19. The van der Waals surface area contributed by atoms with Crippen LogP contribution in [0.25, 0.3) is 0 Å². The molecule has 3 rings (SSSR count). The van der Waals surface area contributed by atoms with E-state index in [1.165, 1.54) is 10.9 Å². The van der Waals surface area contributed by atoms with Crippen molar-refractivity contribution >= 4 is 5.91 Å². The third kappa shape index (κ3) is 4.54. The fraction of sp³-hybridized carbons (Fsp3) is 0.550. The molecule has 3 heterocycles. The van der Waals surface area contributed by atoms with Crippen molar-refractivity contribution in [2.75, 3.05) is 33.7 Å². The molecule has 2 aromatic heterocycles. The topological polar surface area (TPSA) is 100 Å². The minimum Gasteiger partial charge on any atom is -0.338 e. The summed E-state index contributed by atoms with van der Waals surface area (Å²) in [4.78, 5) is 33.4. The van der Waals surface area contributed by atoms with E-state index in [0.717, 1.165) is 25.2 Å². The SMILES string of the molecule is CCn1c(C2CCCN(C(=O)c3ccc(C#N)nc3)C2)nn(CCN(C)C)c1=O. The van der Waals surface area contributed by atoms with Gasteiger partial charge in [0.15, 0.2) is 0 Å². The highest BCUT2D eigenvalue weighted by atomic mass is 16.2. The number of rotatable bonds is 6. The first-order valence-electron chi connectivity index (χ1n) is 9.92. The molecule has 154 valence electrons. The lowest BCUT2D eigenvalue weighted by Gasteiger charge is -2.32. The Bertz CT molecular complexity index is 953. The number of carbonyl (C=O) groups excluding carboxylic acids is 1. The highest BCUT2D eigenvalue weighted by Gasteiger charge is 2.29. The molecule has 1 aliphatic heterocycles. The Hall–Kier alpha value is -2.99. The minimum atomic E-state index is -0.107. The van der Waals surface area contributed by atoms with E-state index >= 15 is 0 Å². The Morgan fingerprint density at radius 1 is 1.38 bits per heavy atom. The van der Waals surface area contributed by atoms with E-state index in [9.17, 15) is 9.59 Å². The van der Waals surface area contributed by atoms with Gasteiger partial charge in [0.1, 0.15) is 17.6 Å². The number of nitrogens with zero attached hydrogens (tertiary/aromatic N) is 7. The molecule has 1 unspecified atom stereocenters. The second-order valence-electron chi connectivity index (χ2n) is 7.55. The summed E-state index contributed by atoms with van der Waals surface area (Å²) >= 11 is 0. The molecular formula is C20H27N7O2. The Kier molecular flexibility index (Phi) is 6.44. The van der Waals surface area contributed by atoms with Crippen molar-refractivity contribution in [2.45, 2.75) is 38.8 Å². The Balaban J connectivity index is 1.79. The Labute approximate surface area is 170 Å². The van der Waals surface area contributed by atoms with E-state index in [-0.39, 0.29) is 23.2 Å². The maximum atomic E-state index is 12.9. The number of aromatic nitrogens is 4. The predicted molar refractivity (Wildman–Crippen MR) is 108 cm³/mol.